The van der Waals surface area contributed by atoms with Gasteiger partial charge in [0.25, 0.3) is 0 Å². The third-order valence-corrected chi connectivity index (χ3v) is 4.14. The Bertz CT molecular complexity index is 1010. The van der Waals surface area contributed by atoms with Crippen molar-refractivity contribution >= 4 is 10.9 Å². The second kappa shape index (κ2) is 5.78. The van der Waals surface area contributed by atoms with E-state index in [1.807, 2.05) is 85.8 Å². The van der Waals surface area contributed by atoms with Crippen molar-refractivity contribution in [1.29, 1.82) is 0 Å². The highest BCUT2D eigenvalue weighted by Crippen LogP contribution is 2.27. The van der Waals surface area contributed by atoms with Gasteiger partial charge in [-0.2, -0.15) is 0 Å². The Hall–Kier alpha value is -3.20. The van der Waals surface area contributed by atoms with Crippen LogP contribution in [0.1, 0.15) is 5.56 Å². The summed E-state index contributed by atoms with van der Waals surface area (Å²) in [6.07, 6.45) is 0. The molecule has 0 amide bonds. The number of nitrogens with zero attached hydrogens (tertiary/aromatic N) is 2. The molecule has 0 fully saturated rings. The Kier molecular flexibility index (Phi) is 3.47. The van der Waals surface area contributed by atoms with Crippen LogP contribution in [0.2, 0.25) is 0 Å². The van der Waals surface area contributed by atoms with Gasteiger partial charge in [0.2, 0.25) is 0 Å². The van der Waals surface area contributed by atoms with Gasteiger partial charge < -0.3 is 5.21 Å². The number of aryl methyl sites for hydroxylation is 1. The summed E-state index contributed by atoms with van der Waals surface area (Å²) in [4.78, 5) is 4.61. The van der Waals surface area contributed by atoms with E-state index in [0.717, 1.165) is 32.3 Å². The van der Waals surface area contributed by atoms with E-state index in [1.54, 1.807) is 0 Å². The summed E-state index contributed by atoms with van der Waals surface area (Å²) in [7, 11) is 0. The molecule has 1 heterocycles. The Morgan fingerprint density at radius 1 is 0.750 bits per heavy atom. The molecule has 0 spiro atoms. The highest BCUT2D eigenvalue weighted by molar-refractivity contribution is 5.91. The molecular weight excluding hydrogens is 296 g/mol. The molecular formula is C21H16N2O. The van der Waals surface area contributed by atoms with Gasteiger partial charge in [-0.05, 0) is 36.2 Å². The maximum atomic E-state index is 13.1. The Labute approximate surface area is 140 Å². The van der Waals surface area contributed by atoms with E-state index >= 15 is 0 Å². The lowest BCUT2D eigenvalue weighted by Crippen LogP contribution is -2.33. The highest BCUT2D eigenvalue weighted by atomic mass is 16.5. The maximum Gasteiger partial charge on any atom is 0.334 e. The van der Waals surface area contributed by atoms with Gasteiger partial charge in [0.05, 0.1) is 10.9 Å². The number of hydrogen-bond acceptors (Lipinski definition) is 2. The van der Waals surface area contributed by atoms with Crippen LogP contribution < -0.4 is 4.73 Å². The van der Waals surface area contributed by atoms with Crippen molar-refractivity contribution in [3.05, 3.63) is 89.6 Å². The second-order valence-corrected chi connectivity index (χ2v) is 5.83. The molecule has 3 aromatic carbocycles. The fraction of sp³-hybridized carbons (Fsp3) is 0.0476. The molecule has 0 aliphatic carbocycles. The number of hydrogen-bond donors (Lipinski definition) is 0. The predicted molar refractivity (Wildman–Crippen MR) is 96.3 cm³/mol. The van der Waals surface area contributed by atoms with Gasteiger partial charge in [-0.25, -0.2) is 4.73 Å². The Morgan fingerprint density at radius 3 is 2.17 bits per heavy atom. The van der Waals surface area contributed by atoms with Crippen LogP contribution in [0.5, 0.6) is 0 Å². The van der Waals surface area contributed by atoms with E-state index in [0.29, 0.717) is 11.5 Å². The van der Waals surface area contributed by atoms with Gasteiger partial charge in [0.1, 0.15) is 5.69 Å². The zero-order chi connectivity index (χ0) is 16.5. The Balaban J connectivity index is 2.06. The molecule has 0 bridgehead atoms. The highest BCUT2D eigenvalue weighted by Gasteiger charge is 2.20. The third-order valence-electron chi connectivity index (χ3n) is 4.14. The van der Waals surface area contributed by atoms with E-state index < -0.39 is 0 Å². The van der Waals surface area contributed by atoms with E-state index in [-0.39, 0.29) is 0 Å². The minimum Gasteiger partial charge on any atom is -0.710 e. The second-order valence-electron chi connectivity index (χ2n) is 5.83. The quantitative estimate of drug-likeness (QED) is 0.403. The van der Waals surface area contributed by atoms with Crippen LogP contribution in [-0.2, 0) is 0 Å². The van der Waals surface area contributed by atoms with Gasteiger partial charge in [0, 0.05) is 5.56 Å². The van der Waals surface area contributed by atoms with Crippen LogP contribution >= 0.6 is 0 Å². The van der Waals surface area contributed by atoms with Crippen LogP contribution in [-0.4, -0.2) is 4.98 Å². The van der Waals surface area contributed by atoms with Gasteiger partial charge in [-0.1, -0.05) is 60.2 Å². The largest absolute Gasteiger partial charge is 0.710 e. The molecule has 3 nitrogen and oxygen atoms in total. The first-order valence-corrected chi connectivity index (χ1v) is 7.89. The molecule has 0 unspecified atom stereocenters. The smallest absolute Gasteiger partial charge is 0.334 e. The van der Waals surface area contributed by atoms with Gasteiger partial charge in [-0.3, -0.25) is 0 Å². The van der Waals surface area contributed by atoms with E-state index in [1.165, 1.54) is 0 Å². The summed E-state index contributed by atoms with van der Waals surface area (Å²) in [6.45, 7) is 2.03. The van der Waals surface area contributed by atoms with Crippen molar-refractivity contribution < 1.29 is 4.73 Å². The number of fused-ring (bicyclic) bond motifs is 1. The molecule has 0 atom stereocenters. The summed E-state index contributed by atoms with van der Waals surface area (Å²) in [5, 5.41) is 14.0. The molecule has 0 aliphatic rings. The zero-order valence-corrected chi connectivity index (χ0v) is 13.3. The molecule has 1 aromatic heterocycles. The monoisotopic (exact) mass is 312 g/mol. The van der Waals surface area contributed by atoms with Crippen molar-refractivity contribution in [2.75, 3.05) is 0 Å². The first-order valence-electron chi connectivity index (χ1n) is 7.89. The van der Waals surface area contributed by atoms with Gasteiger partial charge in [-0.15, -0.1) is 0 Å². The van der Waals surface area contributed by atoms with Crippen LogP contribution in [0.15, 0.2) is 78.9 Å². The summed E-state index contributed by atoms with van der Waals surface area (Å²) < 4.78 is 0.947. The van der Waals surface area contributed by atoms with E-state index in [2.05, 4.69) is 4.98 Å². The summed E-state index contributed by atoms with van der Waals surface area (Å²) in [5.74, 6) is 0.424. The molecule has 116 valence electrons. The molecule has 0 saturated carbocycles. The molecule has 0 radical (unpaired) electrons. The minimum atomic E-state index is 0.424. The molecule has 24 heavy (non-hydrogen) atoms. The van der Waals surface area contributed by atoms with Crippen LogP contribution in [0.3, 0.4) is 0 Å². The Morgan fingerprint density at radius 2 is 1.42 bits per heavy atom. The number of para-hydroxylation sites is 1. The lowest BCUT2D eigenvalue weighted by molar-refractivity contribution is -0.583. The number of rotatable bonds is 2. The first-order chi connectivity index (χ1) is 11.7. The topological polar surface area (TPSA) is 39.8 Å². The van der Waals surface area contributed by atoms with Crippen molar-refractivity contribution in [2.24, 2.45) is 0 Å². The van der Waals surface area contributed by atoms with Crippen molar-refractivity contribution in [3.63, 3.8) is 0 Å². The van der Waals surface area contributed by atoms with Crippen molar-refractivity contribution in [3.8, 4) is 22.6 Å². The lowest BCUT2D eigenvalue weighted by Gasteiger charge is -2.14. The fourth-order valence-corrected chi connectivity index (χ4v) is 2.90. The summed E-state index contributed by atoms with van der Waals surface area (Å²) >= 11 is 0. The van der Waals surface area contributed by atoms with Crippen LogP contribution in [0.25, 0.3) is 33.5 Å². The normalized spacial score (nSPS) is 10.9. The van der Waals surface area contributed by atoms with Crippen molar-refractivity contribution in [1.82, 2.24) is 4.98 Å². The van der Waals surface area contributed by atoms with Crippen LogP contribution in [0.4, 0.5) is 0 Å². The predicted octanol–water partition coefficient (Wildman–Crippen LogP) is 4.51. The molecule has 4 rings (SSSR count). The molecule has 4 aromatic rings. The van der Waals surface area contributed by atoms with Gasteiger partial charge >= 0.3 is 5.82 Å². The summed E-state index contributed by atoms with van der Waals surface area (Å²) in [5.41, 5.74) is 4.31. The average Bonchev–Trinajstić information content (AvgIpc) is 2.63. The summed E-state index contributed by atoms with van der Waals surface area (Å²) in [6, 6.07) is 25.4. The first kappa shape index (κ1) is 14.4. The average molecular weight is 312 g/mol. The number of benzene rings is 3. The lowest BCUT2D eigenvalue weighted by atomic mass is 10.1. The van der Waals surface area contributed by atoms with Crippen molar-refractivity contribution in [2.45, 2.75) is 6.92 Å². The minimum absolute atomic E-state index is 0.424. The maximum absolute atomic E-state index is 13.1. The molecule has 3 heteroatoms. The van der Waals surface area contributed by atoms with Crippen LogP contribution in [0, 0.1) is 12.1 Å². The van der Waals surface area contributed by atoms with E-state index in [9.17, 15) is 5.21 Å². The zero-order valence-electron chi connectivity index (χ0n) is 13.3. The van der Waals surface area contributed by atoms with E-state index in [4.69, 9.17) is 0 Å². The molecule has 0 aliphatic heterocycles. The molecule has 0 N–H and O–H groups in total. The standard InChI is InChI=1S/C21H16N2O/c1-15-11-13-17(14-12-15)21-22-19-10-6-5-9-18(19)20(23(21)24)16-7-3-2-4-8-16/h2-14H,1H3. The third kappa shape index (κ3) is 2.40. The fourth-order valence-electron chi connectivity index (χ4n) is 2.90. The number of aromatic nitrogens is 2. The molecule has 0 saturated heterocycles. The van der Waals surface area contributed by atoms with Gasteiger partial charge in [0.15, 0.2) is 5.52 Å². The SMILES string of the molecule is Cc1ccc(-c2nc3ccccc3c(-c3ccccc3)[n+]2[O-])cc1.